The maximum Gasteiger partial charge on any atom is 0.271 e. The second kappa shape index (κ2) is 10.7. The summed E-state index contributed by atoms with van der Waals surface area (Å²) < 4.78 is 43.1. The van der Waals surface area contributed by atoms with Crippen LogP contribution in [-0.2, 0) is 9.59 Å². The third kappa shape index (κ3) is 5.95. The summed E-state index contributed by atoms with van der Waals surface area (Å²) in [5.41, 5.74) is -1.69. The summed E-state index contributed by atoms with van der Waals surface area (Å²) in [7, 11) is 0. The van der Waals surface area contributed by atoms with Gasteiger partial charge < -0.3 is 15.8 Å². The van der Waals surface area contributed by atoms with Crippen molar-refractivity contribution in [2.24, 2.45) is 11.1 Å². The zero-order valence-corrected chi connectivity index (χ0v) is 19.4. The molecule has 2 atom stereocenters. The lowest BCUT2D eigenvalue weighted by Gasteiger charge is -2.33. The molecule has 2 aromatic rings. The minimum atomic E-state index is -2.90. The van der Waals surface area contributed by atoms with E-state index in [9.17, 15) is 27.6 Å². The summed E-state index contributed by atoms with van der Waals surface area (Å²) in [6, 6.07) is -0.684. The molecular formula is C21H25F3N8O4. The van der Waals surface area contributed by atoms with Crippen LogP contribution in [0.3, 0.4) is 0 Å². The number of oxime groups is 1. The molecule has 0 aliphatic heterocycles. The summed E-state index contributed by atoms with van der Waals surface area (Å²) in [6.07, 6.45) is 1.28. The number of hydrogen-bond donors (Lipinski definition) is 5. The first-order chi connectivity index (χ1) is 16.9. The highest BCUT2D eigenvalue weighted by molar-refractivity contribution is 6.65. The zero-order valence-electron chi connectivity index (χ0n) is 19.4. The van der Waals surface area contributed by atoms with Gasteiger partial charge in [0, 0.05) is 24.6 Å². The first-order valence-corrected chi connectivity index (χ1v) is 11.0. The predicted octanol–water partition coefficient (Wildman–Crippen LogP) is 1.83. The molecule has 2 aromatic heterocycles. The van der Waals surface area contributed by atoms with E-state index >= 15 is 0 Å². The van der Waals surface area contributed by atoms with Gasteiger partial charge in [-0.2, -0.15) is 9.49 Å². The molecule has 36 heavy (non-hydrogen) atoms. The number of carbonyl (C=O) groups is 2. The number of aromatic amines is 1. The molecule has 15 heteroatoms. The first-order valence-electron chi connectivity index (χ1n) is 11.0. The number of amides is 2. The lowest BCUT2D eigenvalue weighted by molar-refractivity contribution is -0.126. The van der Waals surface area contributed by atoms with Gasteiger partial charge in [0.25, 0.3) is 17.4 Å². The molecule has 2 heterocycles. The fourth-order valence-corrected chi connectivity index (χ4v) is 3.91. The molecule has 0 saturated heterocycles. The van der Waals surface area contributed by atoms with Crippen molar-refractivity contribution in [3.8, 4) is 0 Å². The summed E-state index contributed by atoms with van der Waals surface area (Å²) in [5.74, 6) is -6.66. The molecule has 1 saturated carbocycles. The maximum absolute atomic E-state index is 14.6. The average Bonchev–Trinajstić information content (AvgIpc) is 3.21. The summed E-state index contributed by atoms with van der Waals surface area (Å²) in [6.45, 7) is 2.77. The Morgan fingerprint density at radius 3 is 2.64 bits per heavy atom. The van der Waals surface area contributed by atoms with Crippen LogP contribution in [0.5, 0.6) is 0 Å². The third-order valence-electron chi connectivity index (χ3n) is 6.09. The molecule has 5 N–H and O–H groups in total. The number of rotatable bonds is 8. The van der Waals surface area contributed by atoms with Gasteiger partial charge in [0.2, 0.25) is 11.8 Å². The van der Waals surface area contributed by atoms with Crippen molar-refractivity contribution in [3.63, 3.8) is 0 Å². The molecule has 1 aliphatic carbocycles. The van der Waals surface area contributed by atoms with Crippen LogP contribution in [0.2, 0.25) is 0 Å². The second-order valence-electron chi connectivity index (χ2n) is 8.52. The molecule has 0 bridgehead atoms. The van der Waals surface area contributed by atoms with Gasteiger partial charge in [-0.15, -0.1) is 5.10 Å². The number of carbonyl (C=O) groups excluding carboxylic acids is 2. The number of anilines is 1. The lowest BCUT2D eigenvalue weighted by atomic mass is 9.81. The van der Waals surface area contributed by atoms with Gasteiger partial charge in [0.15, 0.2) is 0 Å². The van der Waals surface area contributed by atoms with Gasteiger partial charge in [-0.3, -0.25) is 24.5 Å². The minimum absolute atomic E-state index is 0.102. The van der Waals surface area contributed by atoms with Crippen molar-refractivity contribution >= 4 is 28.9 Å². The van der Waals surface area contributed by atoms with Crippen molar-refractivity contribution in [2.45, 2.75) is 57.5 Å². The minimum Gasteiger partial charge on any atom is -0.411 e. The van der Waals surface area contributed by atoms with E-state index in [2.05, 4.69) is 31.1 Å². The quantitative estimate of drug-likeness (QED) is 0.205. The SMILES string of the molecule is C/C(=N/O)C(=N)C(=O)N[C@H](C(=O)Nc1cn([C@H](C)c2ccn[nH]c2=O)nc1F)C1CCC(F)(F)CC1. The largest absolute Gasteiger partial charge is 0.411 e. The molecule has 0 unspecified atom stereocenters. The molecule has 1 aliphatic rings. The van der Waals surface area contributed by atoms with Crippen LogP contribution < -0.4 is 16.2 Å². The molecule has 0 aromatic carbocycles. The highest BCUT2D eigenvalue weighted by atomic mass is 19.3. The van der Waals surface area contributed by atoms with Crippen molar-refractivity contribution in [1.82, 2.24) is 25.3 Å². The van der Waals surface area contributed by atoms with E-state index in [4.69, 9.17) is 10.6 Å². The van der Waals surface area contributed by atoms with Crippen molar-refractivity contribution < 1.29 is 28.0 Å². The number of aromatic nitrogens is 4. The Hall–Kier alpha value is -4.04. The average molecular weight is 510 g/mol. The highest BCUT2D eigenvalue weighted by Crippen LogP contribution is 2.37. The third-order valence-corrected chi connectivity index (χ3v) is 6.09. The monoisotopic (exact) mass is 510 g/mol. The standard InChI is InChI=1S/C21H25F3N8O4/c1-10(31-36)15(25)19(34)28-16(12-3-6-21(23,24)7-4-12)20(35)27-14-9-32(30-17(14)22)11(2)13-5-8-26-29-18(13)33/h5,8-9,11-12,16,25,36H,3-4,6-7H2,1-2H3,(H,27,35)(H,28,34)(H,29,33)/b25-15?,31-10-/t11-,16+/m1/s1. The smallest absolute Gasteiger partial charge is 0.271 e. The molecule has 0 radical (unpaired) electrons. The van der Waals surface area contributed by atoms with Gasteiger partial charge in [0.1, 0.15) is 23.2 Å². The fourth-order valence-electron chi connectivity index (χ4n) is 3.91. The van der Waals surface area contributed by atoms with E-state index in [1.165, 1.54) is 19.2 Å². The van der Waals surface area contributed by atoms with E-state index in [0.717, 1.165) is 10.9 Å². The van der Waals surface area contributed by atoms with Gasteiger partial charge in [-0.1, -0.05) is 5.16 Å². The Balaban J connectivity index is 1.82. The Morgan fingerprint density at radius 1 is 1.36 bits per heavy atom. The highest BCUT2D eigenvalue weighted by Gasteiger charge is 2.41. The zero-order chi connectivity index (χ0) is 26.6. The van der Waals surface area contributed by atoms with E-state index < -0.39 is 65.8 Å². The molecule has 12 nitrogen and oxygen atoms in total. The number of alkyl halides is 2. The van der Waals surface area contributed by atoms with Crippen LogP contribution in [0.25, 0.3) is 0 Å². The number of nitrogens with zero attached hydrogens (tertiary/aromatic N) is 4. The Labute approximate surface area is 202 Å². The van der Waals surface area contributed by atoms with E-state index in [-0.39, 0.29) is 29.8 Å². The van der Waals surface area contributed by atoms with Gasteiger partial charge in [0.05, 0.1) is 12.2 Å². The molecule has 2 amide bonds. The normalized spacial score (nSPS) is 17.8. The van der Waals surface area contributed by atoms with Gasteiger partial charge >= 0.3 is 0 Å². The second-order valence-corrected chi connectivity index (χ2v) is 8.52. The molecule has 3 rings (SSSR count). The van der Waals surface area contributed by atoms with Crippen LogP contribution in [0.4, 0.5) is 18.9 Å². The van der Waals surface area contributed by atoms with Crippen molar-refractivity contribution in [2.75, 3.05) is 5.32 Å². The van der Waals surface area contributed by atoms with E-state index in [1.807, 2.05) is 0 Å². The molecule has 1 fully saturated rings. The van der Waals surface area contributed by atoms with Gasteiger partial charge in [-0.25, -0.2) is 13.9 Å². The van der Waals surface area contributed by atoms with Crippen LogP contribution in [0.1, 0.15) is 51.1 Å². The summed E-state index contributed by atoms with van der Waals surface area (Å²) in [4.78, 5) is 37.5. The maximum atomic E-state index is 14.6. The Kier molecular flexibility index (Phi) is 7.90. The van der Waals surface area contributed by atoms with E-state index in [0.29, 0.717) is 0 Å². The number of hydrogen-bond acceptors (Lipinski definition) is 8. The summed E-state index contributed by atoms with van der Waals surface area (Å²) >= 11 is 0. The number of H-pyrrole nitrogens is 1. The Bertz CT molecular complexity index is 1230. The van der Waals surface area contributed by atoms with Crippen molar-refractivity contribution in [1.29, 1.82) is 5.41 Å². The molecule has 0 spiro atoms. The van der Waals surface area contributed by atoms with Crippen LogP contribution in [0, 0.1) is 17.3 Å². The topological polar surface area (TPSA) is 178 Å². The molecular weight excluding hydrogens is 485 g/mol. The number of halogens is 3. The lowest BCUT2D eigenvalue weighted by Crippen LogP contribution is -2.52. The Morgan fingerprint density at radius 2 is 2.03 bits per heavy atom. The fraction of sp³-hybridized carbons (Fsp3) is 0.476. The predicted molar refractivity (Wildman–Crippen MR) is 121 cm³/mol. The van der Waals surface area contributed by atoms with Crippen LogP contribution in [0.15, 0.2) is 28.4 Å². The first kappa shape index (κ1) is 26.6. The number of nitrogens with one attached hydrogen (secondary N) is 4. The van der Waals surface area contributed by atoms with Crippen LogP contribution in [-0.4, -0.2) is 60.4 Å². The molecule has 194 valence electrons. The van der Waals surface area contributed by atoms with Crippen LogP contribution >= 0.6 is 0 Å². The van der Waals surface area contributed by atoms with Gasteiger partial charge in [-0.05, 0) is 38.7 Å². The van der Waals surface area contributed by atoms with Crippen molar-refractivity contribution in [3.05, 3.63) is 40.3 Å². The summed E-state index contributed by atoms with van der Waals surface area (Å²) in [5, 5.41) is 33.5. The van der Waals surface area contributed by atoms with E-state index in [1.54, 1.807) is 6.92 Å².